The molecule has 90 heavy (non-hydrogen) atoms. The number of pyridine rings is 1. The van der Waals surface area contributed by atoms with Gasteiger partial charge in [-0.3, -0.25) is 38.5 Å². The van der Waals surface area contributed by atoms with Crippen molar-refractivity contribution in [3.63, 3.8) is 0 Å². The van der Waals surface area contributed by atoms with Crippen molar-refractivity contribution in [2.45, 2.75) is 109 Å². The van der Waals surface area contributed by atoms with Crippen LogP contribution in [0.4, 0.5) is 10.6 Å². The van der Waals surface area contributed by atoms with Gasteiger partial charge in [-0.05, 0) is 56.2 Å². The molecular formula is C60H62N12O12S6. The molecule has 1 aliphatic heterocycles. The number of rotatable bonds is 14. The van der Waals surface area contributed by atoms with Gasteiger partial charge in [0.05, 0.1) is 59.6 Å². The first-order valence-corrected chi connectivity index (χ1v) is 33.8. The highest BCUT2D eigenvalue weighted by Gasteiger charge is 2.35. The van der Waals surface area contributed by atoms with Crippen molar-refractivity contribution in [3.05, 3.63) is 111 Å². The molecule has 8 heterocycles. The zero-order valence-electron chi connectivity index (χ0n) is 49.5. The van der Waals surface area contributed by atoms with Gasteiger partial charge in [0.25, 0.3) is 11.8 Å². The molecule has 1 aromatic carbocycles. The van der Waals surface area contributed by atoms with Gasteiger partial charge in [0, 0.05) is 70.9 Å². The average molecular weight is 1340 g/mol. The summed E-state index contributed by atoms with van der Waals surface area (Å²) in [6, 6.07) is 11.4. The molecule has 1 aliphatic carbocycles. The van der Waals surface area contributed by atoms with Crippen LogP contribution >= 0.6 is 68.0 Å². The molecule has 1 unspecified atom stereocenters. The number of hydrogen-bond donors (Lipinski definition) is 6. The summed E-state index contributed by atoms with van der Waals surface area (Å²) in [6.07, 6.45) is -0.744. The molecule has 10 bridgehead atoms. The first-order chi connectivity index (χ1) is 43.2. The van der Waals surface area contributed by atoms with Gasteiger partial charge in [-0.1, -0.05) is 51.1 Å². The van der Waals surface area contributed by atoms with E-state index in [9.17, 15) is 48.6 Å². The third-order valence-corrected chi connectivity index (χ3v) is 21.1. The molecule has 4 atom stereocenters. The summed E-state index contributed by atoms with van der Waals surface area (Å²) >= 11 is 7.33. The highest BCUT2D eigenvalue weighted by Crippen LogP contribution is 2.41. The normalized spacial score (nSPS) is 18.6. The Morgan fingerprint density at radius 3 is 2.14 bits per heavy atom. The Kier molecular flexibility index (Phi) is 20.7. The predicted octanol–water partition coefficient (Wildman–Crippen LogP) is 10.3. The average Bonchev–Trinajstić information content (AvgIpc) is 1.73. The van der Waals surface area contributed by atoms with Gasteiger partial charge >= 0.3 is 18.0 Å². The van der Waals surface area contributed by atoms with E-state index in [4.69, 9.17) is 44.4 Å². The highest BCUT2D eigenvalue weighted by molar-refractivity contribution is 7.15. The van der Waals surface area contributed by atoms with Crippen molar-refractivity contribution in [3.8, 4) is 43.4 Å². The molecule has 5 amide bonds. The number of benzene rings is 1. The summed E-state index contributed by atoms with van der Waals surface area (Å²) in [6.45, 7) is 6.99. The Morgan fingerprint density at radius 1 is 0.722 bits per heavy atom. The minimum atomic E-state index is -1.15. The number of aliphatic carboxylic acids is 2. The van der Waals surface area contributed by atoms with Crippen molar-refractivity contribution >= 4 is 121 Å². The second-order valence-electron chi connectivity index (χ2n) is 21.8. The van der Waals surface area contributed by atoms with Crippen LogP contribution in [-0.2, 0) is 35.3 Å². The molecule has 30 heteroatoms. The van der Waals surface area contributed by atoms with Crippen LogP contribution in [0.2, 0.25) is 0 Å². The Labute approximate surface area is 540 Å². The minimum absolute atomic E-state index is 0.0118. The quantitative estimate of drug-likeness (QED) is 0.0589. The molecule has 10 rings (SSSR count). The first kappa shape index (κ1) is 64.8. The van der Waals surface area contributed by atoms with Crippen molar-refractivity contribution in [1.29, 1.82) is 0 Å². The van der Waals surface area contributed by atoms with Crippen LogP contribution in [0.5, 0.6) is 0 Å². The van der Waals surface area contributed by atoms with Gasteiger partial charge in [0.1, 0.15) is 71.1 Å². The van der Waals surface area contributed by atoms with Crippen LogP contribution in [0.25, 0.3) is 43.4 Å². The maximum atomic E-state index is 14.4. The van der Waals surface area contributed by atoms with Crippen molar-refractivity contribution in [1.82, 2.24) is 56.2 Å². The number of hydrogen-bond acceptors (Lipinski definition) is 23. The standard InChI is InChI=1S/C60H62N12O12S6/c1-28(2)35-20-41(73)48-30(4)89-57(70-48)37(21-44(74)61-5)64-51(78)39-25-85-53(66-39)34-16-17-36(55-68-43(27-88-55)72(19-18-46(76)77)60(82)84-33-14-12-32(13-15-33)59(80)81)63-49(34)38-24-86-56(65-38)40-26-87-58(67-40)47(29(3)31-10-8-7-9-11-31)69-45(75)22-62-52(79)50-42(23-83-6)90-54(35)71-50/h7-11,16-17,24-29,32-33,35,37,47H,12-15,18-23H2,1-6H3,(H,61,74)(H,62,79)(H,64,78)(H,69,75)(H,76,77)(H,80,81)/t29-,32?,33?,35?,37-,47-/m0/s1. The van der Waals surface area contributed by atoms with Gasteiger partial charge in [-0.25, -0.2) is 39.7 Å². The number of nitrogens with one attached hydrogen (secondary N) is 4. The number of fused-ring (bicyclic) bond motifs is 14. The summed E-state index contributed by atoms with van der Waals surface area (Å²) in [7, 11) is 2.97. The van der Waals surface area contributed by atoms with E-state index in [1.54, 1.807) is 35.2 Å². The van der Waals surface area contributed by atoms with E-state index < -0.39 is 84.6 Å². The molecule has 7 aromatic heterocycles. The number of Topliss-reactive ketones (excluding diaryl/α,β-unsaturated/α-hetero) is 1. The lowest BCUT2D eigenvalue weighted by Crippen LogP contribution is -2.40. The molecular weight excluding hydrogens is 1270 g/mol. The lowest BCUT2D eigenvalue weighted by molar-refractivity contribution is -0.143. The zero-order valence-corrected chi connectivity index (χ0v) is 54.4. The van der Waals surface area contributed by atoms with E-state index in [0.717, 1.165) is 33.1 Å². The summed E-state index contributed by atoms with van der Waals surface area (Å²) in [5.74, 6) is -5.82. The Balaban J connectivity index is 1.04. The van der Waals surface area contributed by atoms with Crippen molar-refractivity contribution < 1.29 is 58.0 Å². The van der Waals surface area contributed by atoms with E-state index in [2.05, 4.69) is 21.3 Å². The molecule has 24 nitrogen and oxygen atoms in total. The van der Waals surface area contributed by atoms with E-state index in [0.29, 0.717) is 93.8 Å². The number of methoxy groups -OCH3 is 1. The topological polar surface area (TPSA) is 337 Å². The van der Waals surface area contributed by atoms with Gasteiger partial charge in [-0.2, -0.15) is 0 Å². The van der Waals surface area contributed by atoms with Gasteiger partial charge < -0.3 is 41.0 Å². The number of nitrogens with zero attached hydrogens (tertiary/aromatic N) is 8. The van der Waals surface area contributed by atoms with Crippen LogP contribution in [0.15, 0.2) is 64.0 Å². The number of carboxylic acids is 2. The molecule has 1 fully saturated rings. The fourth-order valence-corrected chi connectivity index (χ4v) is 16.0. The maximum absolute atomic E-state index is 14.4. The van der Waals surface area contributed by atoms with Crippen LogP contribution < -0.4 is 26.2 Å². The molecule has 0 spiro atoms. The number of ether oxygens (including phenoxy) is 2. The molecule has 1 saturated carbocycles. The van der Waals surface area contributed by atoms with E-state index in [1.165, 1.54) is 59.5 Å². The van der Waals surface area contributed by atoms with Crippen LogP contribution in [0.3, 0.4) is 0 Å². The second kappa shape index (κ2) is 28.8. The third-order valence-electron chi connectivity index (χ3n) is 15.3. The van der Waals surface area contributed by atoms with Gasteiger partial charge in [0.15, 0.2) is 5.78 Å². The van der Waals surface area contributed by atoms with Gasteiger partial charge in [0.2, 0.25) is 11.8 Å². The largest absolute Gasteiger partial charge is 0.481 e. The number of aryl methyl sites for hydroxylation is 1. The molecule has 8 aromatic rings. The summed E-state index contributed by atoms with van der Waals surface area (Å²) in [5.41, 5.74) is 3.20. The number of carboxylic acid groups (broad SMARTS) is 2. The van der Waals surface area contributed by atoms with Crippen molar-refractivity contribution in [2.24, 2.45) is 11.8 Å². The third kappa shape index (κ3) is 15.0. The number of amides is 5. The number of ketones is 1. The number of carbonyl (C=O) groups excluding carboxylic acids is 6. The smallest absolute Gasteiger partial charge is 0.415 e. The van der Waals surface area contributed by atoms with Crippen LogP contribution in [0, 0.1) is 18.8 Å². The summed E-state index contributed by atoms with van der Waals surface area (Å²) < 4.78 is 11.3. The number of anilines is 1. The summed E-state index contributed by atoms with van der Waals surface area (Å²) in [4.78, 5) is 144. The van der Waals surface area contributed by atoms with Gasteiger partial charge in [-0.15, -0.1) is 68.0 Å². The number of aromatic nitrogens is 7. The molecule has 0 radical (unpaired) electrons. The lowest BCUT2D eigenvalue weighted by atomic mass is 9.87. The highest BCUT2D eigenvalue weighted by atomic mass is 32.1. The van der Waals surface area contributed by atoms with Crippen molar-refractivity contribution in [2.75, 3.05) is 32.1 Å². The van der Waals surface area contributed by atoms with E-state index >= 15 is 0 Å². The second-order valence-corrected chi connectivity index (χ2v) is 27.6. The lowest BCUT2D eigenvalue weighted by Gasteiger charge is -2.28. The van der Waals surface area contributed by atoms with E-state index in [1.807, 2.05) is 56.5 Å². The minimum Gasteiger partial charge on any atom is -0.481 e. The molecule has 6 N–H and O–H groups in total. The maximum Gasteiger partial charge on any atom is 0.415 e. The number of thiazole rings is 6. The molecule has 2 aliphatic rings. The first-order valence-electron chi connectivity index (χ1n) is 28.7. The Bertz CT molecular complexity index is 3980. The fraction of sp³-hybridized carbons (Fsp3) is 0.383. The van der Waals surface area contributed by atoms with E-state index in [-0.39, 0.29) is 66.5 Å². The molecule has 470 valence electrons. The monoisotopic (exact) mass is 1330 g/mol. The van der Waals surface area contributed by atoms with Crippen LogP contribution in [-0.4, -0.2) is 126 Å². The Morgan fingerprint density at radius 2 is 1.42 bits per heavy atom. The Hall–Kier alpha value is -8.13. The fourth-order valence-electron chi connectivity index (χ4n) is 10.3. The predicted molar refractivity (Wildman–Crippen MR) is 341 cm³/mol. The summed E-state index contributed by atoms with van der Waals surface area (Å²) in [5, 5.41) is 40.0. The zero-order chi connectivity index (χ0) is 63.9. The number of carbonyl (C=O) groups is 8. The molecule has 0 saturated heterocycles. The SMILES string of the molecule is CNC(=O)C[C@@H]1NC(=O)c2csc(n2)-c2ccc(-c3nc(N(CCC(=O)O)C(=O)OC4CCC(C(=O)O)CC4)cs3)nc2-c2csc(n2)-c2csc(n2)[C@H]([C@@H](C)c2ccccc2)NC(=O)CNC(=O)c2nc(sc2COC)C(C(C)C)CC(=O)c2nc1sc2C. The van der Waals surface area contributed by atoms with Crippen LogP contribution in [0.1, 0.15) is 151 Å².